The van der Waals surface area contributed by atoms with E-state index in [0.29, 0.717) is 5.76 Å². The van der Waals surface area contributed by atoms with Gasteiger partial charge in [0, 0.05) is 38.3 Å². The molecule has 1 aliphatic heterocycles. The van der Waals surface area contributed by atoms with Crippen LogP contribution in [0.15, 0.2) is 10.7 Å². The van der Waals surface area contributed by atoms with Crippen LogP contribution in [0.2, 0.25) is 0 Å². The molecule has 1 aliphatic rings. The number of amides is 1. The molecule has 1 saturated heterocycles. The Bertz CT molecular complexity index is 464. The van der Waals surface area contributed by atoms with Crippen LogP contribution in [0.25, 0.3) is 0 Å². The predicted octanol–water partition coefficient (Wildman–Crippen LogP) is 1.69. The highest BCUT2D eigenvalue weighted by atomic mass is 16.5. The molecule has 0 aliphatic carbocycles. The highest BCUT2D eigenvalue weighted by molar-refractivity contribution is 5.93. The monoisotopic (exact) mass is 280 g/mol. The zero-order valence-corrected chi connectivity index (χ0v) is 12.8. The first-order valence-corrected chi connectivity index (χ1v) is 7.12. The Morgan fingerprint density at radius 1 is 1.40 bits per heavy atom. The summed E-state index contributed by atoms with van der Waals surface area (Å²) in [6.07, 6.45) is 1.64. The summed E-state index contributed by atoms with van der Waals surface area (Å²) >= 11 is 0. The van der Waals surface area contributed by atoms with Gasteiger partial charge in [-0.15, -0.1) is 0 Å². The maximum Gasteiger partial charge on any atom is 0.289 e. The molecule has 0 N–H and O–H groups in total. The van der Waals surface area contributed by atoms with Gasteiger partial charge in [0.15, 0.2) is 5.76 Å². The van der Waals surface area contributed by atoms with Gasteiger partial charge in [0.25, 0.3) is 5.91 Å². The van der Waals surface area contributed by atoms with E-state index in [4.69, 9.17) is 9.15 Å². The average molecular weight is 280 g/mol. The van der Waals surface area contributed by atoms with E-state index in [-0.39, 0.29) is 11.9 Å². The van der Waals surface area contributed by atoms with E-state index >= 15 is 0 Å². The Morgan fingerprint density at radius 3 is 2.60 bits per heavy atom. The number of nitrogens with zero attached hydrogens (tertiary/aromatic N) is 2. The number of rotatable bonds is 4. The van der Waals surface area contributed by atoms with Crippen LogP contribution in [0, 0.1) is 13.8 Å². The molecule has 0 bridgehead atoms. The second kappa shape index (κ2) is 6.41. The first kappa shape index (κ1) is 15.1. The average Bonchev–Trinajstić information content (AvgIpc) is 2.78. The van der Waals surface area contributed by atoms with Gasteiger partial charge in [-0.1, -0.05) is 0 Å². The lowest BCUT2D eigenvalue weighted by atomic mass is 10.1. The van der Waals surface area contributed by atoms with Gasteiger partial charge in [0.05, 0.1) is 19.5 Å². The van der Waals surface area contributed by atoms with Gasteiger partial charge in [0.2, 0.25) is 0 Å². The number of hydrogen-bond acceptors (Lipinski definition) is 4. The molecule has 0 aromatic carbocycles. The minimum absolute atomic E-state index is 0.0450. The molecular formula is C15H24N2O3. The molecule has 1 atom stereocenters. The summed E-state index contributed by atoms with van der Waals surface area (Å²) < 4.78 is 10.7. The lowest BCUT2D eigenvalue weighted by Crippen LogP contribution is -2.46. The van der Waals surface area contributed by atoms with Gasteiger partial charge >= 0.3 is 0 Å². The molecule has 1 aromatic heterocycles. The first-order chi connectivity index (χ1) is 9.50. The molecule has 0 radical (unpaired) electrons. The van der Waals surface area contributed by atoms with Gasteiger partial charge in [-0.25, -0.2) is 0 Å². The number of furan rings is 1. The summed E-state index contributed by atoms with van der Waals surface area (Å²) in [5, 5.41) is 0. The number of hydrogen-bond donors (Lipinski definition) is 0. The molecule has 112 valence electrons. The van der Waals surface area contributed by atoms with Gasteiger partial charge < -0.3 is 14.1 Å². The maximum absolute atomic E-state index is 12.5. The Hall–Kier alpha value is -1.33. The lowest BCUT2D eigenvalue weighted by Gasteiger charge is -2.32. The van der Waals surface area contributed by atoms with Crippen molar-refractivity contribution in [2.24, 2.45) is 0 Å². The molecule has 1 unspecified atom stereocenters. The highest BCUT2D eigenvalue weighted by Crippen LogP contribution is 2.17. The van der Waals surface area contributed by atoms with Crippen LogP contribution in [0.3, 0.4) is 0 Å². The molecule has 0 spiro atoms. The second-order valence-electron chi connectivity index (χ2n) is 5.55. The van der Waals surface area contributed by atoms with Gasteiger partial charge in [0.1, 0.15) is 0 Å². The fourth-order valence-corrected chi connectivity index (χ4v) is 2.35. The van der Waals surface area contributed by atoms with Crippen molar-refractivity contribution in [3.63, 3.8) is 0 Å². The van der Waals surface area contributed by atoms with Gasteiger partial charge in [-0.3, -0.25) is 9.69 Å². The smallest absolute Gasteiger partial charge is 0.289 e. The van der Waals surface area contributed by atoms with Crippen molar-refractivity contribution in [2.45, 2.75) is 26.8 Å². The summed E-state index contributed by atoms with van der Waals surface area (Å²) in [5.41, 5.74) is 1.95. The largest absolute Gasteiger partial charge is 0.459 e. The zero-order chi connectivity index (χ0) is 14.7. The normalized spacial score (nSPS) is 18.0. The molecule has 5 heteroatoms. The van der Waals surface area contributed by atoms with Crippen LogP contribution in [-0.4, -0.2) is 61.6 Å². The van der Waals surface area contributed by atoms with E-state index in [9.17, 15) is 4.79 Å². The number of morpholine rings is 1. The summed E-state index contributed by atoms with van der Waals surface area (Å²) in [4.78, 5) is 16.5. The Kier molecular flexibility index (Phi) is 4.83. The third kappa shape index (κ3) is 3.22. The SMILES string of the molecule is Cc1coc(C(=O)N(C)C(C)CN2CCOCC2)c1C. The Labute approximate surface area is 120 Å². The van der Waals surface area contributed by atoms with E-state index in [1.54, 1.807) is 11.2 Å². The number of aryl methyl sites for hydroxylation is 1. The standard InChI is InChI=1S/C15H24N2O3/c1-11-10-20-14(13(11)3)15(18)16(4)12(2)9-17-5-7-19-8-6-17/h10,12H,5-9H2,1-4H3. The van der Waals surface area contributed by atoms with E-state index in [0.717, 1.165) is 44.0 Å². The minimum atomic E-state index is -0.0450. The topological polar surface area (TPSA) is 45.9 Å². The molecule has 0 saturated carbocycles. The quantitative estimate of drug-likeness (QED) is 0.842. The van der Waals surface area contributed by atoms with E-state index < -0.39 is 0 Å². The molecule has 1 aromatic rings. The molecular weight excluding hydrogens is 256 g/mol. The number of carbonyl (C=O) groups is 1. The van der Waals surface area contributed by atoms with Crippen LogP contribution >= 0.6 is 0 Å². The third-order valence-electron chi connectivity index (χ3n) is 4.09. The molecule has 1 amide bonds. The number of carbonyl (C=O) groups excluding carboxylic acids is 1. The fraction of sp³-hybridized carbons (Fsp3) is 0.667. The van der Waals surface area contributed by atoms with Gasteiger partial charge in [-0.2, -0.15) is 0 Å². The van der Waals surface area contributed by atoms with Crippen molar-refractivity contribution in [3.8, 4) is 0 Å². The summed E-state index contributed by atoms with van der Waals surface area (Å²) in [6, 6.07) is 0.144. The van der Waals surface area contributed by atoms with Crippen molar-refractivity contribution < 1.29 is 13.9 Å². The van der Waals surface area contributed by atoms with Crippen molar-refractivity contribution in [1.82, 2.24) is 9.80 Å². The highest BCUT2D eigenvalue weighted by Gasteiger charge is 2.24. The van der Waals surface area contributed by atoms with Crippen molar-refractivity contribution in [3.05, 3.63) is 23.2 Å². The van der Waals surface area contributed by atoms with Crippen molar-refractivity contribution in [1.29, 1.82) is 0 Å². The molecule has 2 rings (SSSR count). The summed E-state index contributed by atoms with van der Waals surface area (Å²) in [6.45, 7) is 10.2. The summed E-state index contributed by atoms with van der Waals surface area (Å²) in [7, 11) is 1.84. The molecule has 2 heterocycles. The summed E-state index contributed by atoms with van der Waals surface area (Å²) in [5.74, 6) is 0.412. The fourth-order valence-electron chi connectivity index (χ4n) is 2.35. The van der Waals surface area contributed by atoms with Crippen molar-refractivity contribution >= 4 is 5.91 Å². The zero-order valence-electron chi connectivity index (χ0n) is 12.8. The van der Waals surface area contributed by atoms with Crippen LogP contribution in [0.5, 0.6) is 0 Å². The number of likely N-dealkylation sites (N-methyl/N-ethyl adjacent to an activating group) is 1. The third-order valence-corrected chi connectivity index (χ3v) is 4.09. The Morgan fingerprint density at radius 2 is 2.05 bits per heavy atom. The van der Waals surface area contributed by atoms with E-state index in [1.807, 2.05) is 20.9 Å². The first-order valence-electron chi connectivity index (χ1n) is 7.12. The maximum atomic E-state index is 12.5. The van der Waals surface area contributed by atoms with Crippen LogP contribution in [-0.2, 0) is 4.74 Å². The van der Waals surface area contributed by atoms with Crippen LogP contribution < -0.4 is 0 Å². The van der Waals surface area contributed by atoms with Crippen molar-refractivity contribution in [2.75, 3.05) is 39.9 Å². The Balaban J connectivity index is 1.97. The molecule has 5 nitrogen and oxygen atoms in total. The number of ether oxygens (including phenoxy) is 1. The van der Waals surface area contributed by atoms with E-state index in [2.05, 4.69) is 11.8 Å². The second-order valence-corrected chi connectivity index (χ2v) is 5.55. The van der Waals surface area contributed by atoms with E-state index in [1.165, 1.54) is 0 Å². The molecule has 1 fully saturated rings. The predicted molar refractivity (Wildman–Crippen MR) is 77.0 cm³/mol. The van der Waals surface area contributed by atoms with Crippen LogP contribution in [0.4, 0.5) is 0 Å². The van der Waals surface area contributed by atoms with Crippen LogP contribution in [0.1, 0.15) is 28.6 Å². The molecule has 20 heavy (non-hydrogen) atoms. The van der Waals surface area contributed by atoms with Gasteiger partial charge in [-0.05, 0) is 26.3 Å². The lowest BCUT2D eigenvalue weighted by molar-refractivity contribution is 0.0256. The minimum Gasteiger partial charge on any atom is -0.459 e.